The number of aliphatic hydroxyl groups excluding tert-OH is 1. The first-order valence-electron chi connectivity index (χ1n) is 8.38. The van der Waals surface area contributed by atoms with Gasteiger partial charge in [-0.05, 0) is 48.4 Å². The van der Waals surface area contributed by atoms with E-state index >= 15 is 0 Å². The van der Waals surface area contributed by atoms with E-state index in [9.17, 15) is 5.11 Å². The first-order valence-corrected chi connectivity index (χ1v) is 8.38. The lowest BCUT2D eigenvalue weighted by molar-refractivity contribution is 0.162. The second kappa shape index (κ2) is 8.02. The molecule has 0 bridgehead atoms. The molecule has 1 aliphatic rings. The molecule has 0 saturated carbocycles. The maximum absolute atomic E-state index is 10.1. The van der Waals surface area contributed by atoms with Crippen LogP contribution in [-0.2, 0) is 0 Å². The summed E-state index contributed by atoms with van der Waals surface area (Å²) in [6, 6.07) is 17.3. The van der Waals surface area contributed by atoms with Gasteiger partial charge < -0.3 is 14.6 Å². The number of ether oxygens (including phenoxy) is 2. The summed E-state index contributed by atoms with van der Waals surface area (Å²) < 4.78 is 11.1. The third kappa shape index (κ3) is 4.30. The molecule has 1 saturated heterocycles. The SMILES string of the molecule is COc1cccc([C@H]2C[C@H](O)CN2CCOc2ccc(C#N)cc2)c1. The molecular formula is C20H22N2O3. The van der Waals surface area contributed by atoms with Crippen LogP contribution in [0.3, 0.4) is 0 Å². The Morgan fingerprint density at radius 1 is 1.20 bits per heavy atom. The van der Waals surface area contributed by atoms with E-state index in [1.807, 2.05) is 18.2 Å². The summed E-state index contributed by atoms with van der Waals surface area (Å²) in [7, 11) is 1.66. The van der Waals surface area contributed by atoms with E-state index in [-0.39, 0.29) is 12.1 Å². The van der Waals surface area contributed by atoms with Crippen LogP contribution in [0.2, 0.25) is 0 Å². The lowest BCUT2D eigenvalue weighted by Crippen LogP contribution is -2.29. The molecule has 0 aromatic heterocycles. The Kier molecular flexibility index (Phi) is 5.54. The maximum atomic E-state index is 10.1. The standard InChI is InChI=1S/C20H22N2O3/c1-24-19-4-2-3-16(11-19)20-12-17(23)14-22(20)9-10-25-18-7-5-15(13-21)6-8-18/h2-8,11,17,20,23H,9-10,12,14H2,1H3/t17-,20+/m0/s1. The highest BCUT2D eigenvalue weighted by Crippen LogP contribution is 2.33. The lowest BCUT2D eigenvalue weighted by Gasteiger charge is -2.24. The van der Waals surface area contributed by atoms with Gasteiger partial charge in [-0.15, -0.1) is 0 Å². The minimum Gasteiger partial charge on any atom is -0.497 e. The van der Waals surface area contributed by atoms with Crippen molar-refractivity contribution in [2.75, 3.05) is 26.8 Å². The molecule has 1 N–H and O–H groups in total. The summed E-state index contributed by atoms with van der Waals surface area (Å²) in [5, 5.41) is 18.9. The summed E-state index contributed by atoms with van der Waals surface area (Å²) in [5.41, 5.74) is 1.77. The van der Waals surface area contributed by atoms with Gasteiger partial charge in [-0.1, -0.05) is 12.1 Å². The van der Waals surface area contributed by atoms with Gasteiger partial charge >= 0.3 is 0 Å². The Hall–Kier alpha value is -2.55. The first kappa shape index (κ1) is 17.3. The van der Waals surface area contributed by atoms with Gasteiger partial charge in [-0.2, -0.15) is 5.26 Å². The molecule has 0 spiro atoms. The topological polar surface area (TPSA) is 65.7 Å². The largest absolute Gasteiger partial charge is 0.497 e. The van der Waals surface area contributed by atoms with Crippen LogP contribution in [0.25, 0.3) is 0 Å². The van der Waals surface area contributed by atoms with Crippen LogP contribution in [0.1, 0.15) is 23.6 Å². The fraction of sp³-hybridized carbons (Fsp3) is 0.350. The number of rotatable bonds is 6. The monoisotopic (exact) mass is 338 g/mol. The van der Waals surface area contributed by atoms with Gasteiger partial charge in [0.05, 0.1) is 24.8 Å². The Bertz CT molecular complexity index is 739. The fourth-order valence-electron chi connectivity index (χ4n) is 3.23. The van der Waals surface area contributed by atoms with Crippen molar-refractivity contribution in [3.05, 3.63) is 59.7 Å². The number of aliphatic hydroxyl groups is 1. The van der Waals surface area contributed by atoms with Crippen molar-refractivity contribution >= 4 is 0 Å². The van der Waals surface area contributed by atoms with Gasteiger partial charge in [0.1, 0.15) is 18.1 Å². The van der Waals surface area contributed by atoms with Crippen molar-refractivity contribution in [2.45, 2.75) is 18.6 Å². The van der Waals surface area contributed by atoms with Gasteiger partial charge in [0.2, 0.25) is 0 Å². The average molecular weight is 338 g/mol. The molecule has 1 fully saturated rings. The van der Waals surface area contributed by atoms with Crippen LogP contribution < -0.4 is 9.47 Å². The summed E-state index contributed by atoms with van der Waals surface area (Å²) in [5.74, 6) is 1.57. The van der Waals surface area contributed by atoms with Gasteiger partial charge in [-0.25, -0.2) is 0 Å². The smallest absolute Gasteiger partial charge is 0.119 e. The van der Waals surface area contributed by atoms with Crippen LogP contribution in [0.15, 0.2) is 48.5 Å². The minimum absolute atomic E-state index is 0.162. The second-order valence-corrected chi connectivity index (χ2v) is 6.16. The van der Waals surface area contributed by atoms with Crippen LogP contribution in [0.4, 0.5) is 0 Å². The molecule has 130 valence electrons. The van der Waals surface area contributed by atoms with E-state index in [0.717, 1.165) is 23.6 Å². The van der Waals surface area contributed by atoms with Gasteiger partial charge in [0.25, 0.3) is 0 Å². The zero-order chi connectivity index (χ0) is 17.6. The van der Waals surface area contributed by atoms with Crippen molar-refractivity contribution in [1.82, 2.24) is 4.90 Å². The van der Waals surface area contributed by atoms with Crippen LogP contribution >= 0.6 is 0 Å². The summed E-state index contributed by atoms with van der Waals surface area (Å²) in [6.07, 6.45) is 0.385. The quantitative estimate of drug-likeness (QED) is 0.877. The van der Waals surface area contributed by atoms with E-state index in [2.05, 4.69) is 17.0 Å². The molecule has 0 radical (unpaired) electrons. The number of benzene rings is 2. The number of β-amino-alcohol motifs (C(OH)–C–C–N with tert-alkyl or cyclic N) is 1. The van der Waals surface area contributed by atoms with Crippen molar-refractivity contribution < 1.29 is 14.6 Å². The van der Waals surface area contributed by atoms with Crippen molar-refractivity contribution in [2.24, 2.45) is 0 Å². The molecule has 1 aliphatic heterocycles. The fourth-order valence-corrected chi connectivity index (χ4v) is 3.23. The summed E-state index contributed by atoms with van der Waals surface area (Å²) in [6.45, 7) is 1.89. The molecule has 5 heteroatoms. The molecule has 2 aromatic rings. The normalized spacial score (nSPS) is 20.2. The minimum atomic E-state index is -0.328. The molecule has 2 atom stereocenters. The predicted molar refractivity (Wildman–Crippen MR) is 94.6 cm³/mol. The number of nitrogens with zero attached hydrogens (tertiary/aromatic N) is 2. The zero-order valence-electron chi connectivity index (χ0n) is 14.3. The third-order valence-corrected chi connectivity index (χ3v) is 4.49. The first-order chi connectivity index (χ1) is 12.2. The van der Waals surface area contributed by atoms with Crippen molar-refractivity contribution in [1.29, 1.82) is 5.26 Å². The maximum Gasteiger partial charge on any atom is 0.119 e. The highest BCUT2D eigenvalue weighted by atomic mass is 16.5. The van der Waals surface area contributed by atoms with Crippen LogP contribution in [0.5, 0.6) is 11.5 Å². The number of hydrogen-bond acceptors (Lipinski definition) is 5. The van der Waals surface area contributed by atoms with E-state index in [4.69, 9.17) is 14.7 Å². The second-order valence-electron chi connectivity index (χ2n) is 6.16. The molecule has 0 aliphatic carbocycles. The van der Waals surface area contributed by atoms with Crippen LogP contribution in [0, 0.1) is 11.3 Å². The third-order valence-electron chi connectivity index (χ3n) is 4.49. The van der Waals surface area contributed by atoms with Crippen molar-refractivity contribution in [3.8, 4) is 17.6 Å². The van der Waals surface area contributed by atoms with E-state index < -0.39 is 0 Å². The van der Waals surface area contributed by atoms with Gasteiger partial charge in [0, 0.05) is 19.1 Å². The molecule has 2 aromatic carbocycles. The van der Waals surface area contributed by atoms with E-state index in [1.165, 1.54) is 0 Å². The summed E-state index contributed by atoms with van der Waals surface area (Å²) >= 11 is 0. The van der Waals surface area contributed by atoms with E-state index in [1.54, 1.807) is 31.4 Å². The average Bonchev–Trinajstić information content (AvgIpc) is 3.03. The number of hydrogen-bond donors (Lipinski definition) is 1. The molecule has 0 unspecified atom stereocenters. The Balaban J connectivity index is 1.60. The van der Waals surface area contributed by atoms with E-state index in [0.29, 0.717) is 25.1 Å². The molecule has 25 heavy (non-hydrogen) atoms. The molecule has 1 heterocycles. The molecule has 3 rings (SSSR count). The van der Waals surface area contributed by atoms with Crippen molar-refractivity contribution in [3.63, 3.8) is 0 Å². The molecular weight excluding hydrogens is 316 g/mol. The van der Waals surface area contributed by atoms with Gasteiger partial charge in [-0.3, -0.25) is 4.90 Å². The Morgan fingerprint density at radius 3 is 2.72 bits per heavy atom. The van der Waals surface area contributed by atoms with Gasteiger partial charge in [0.15, 0.2) is 0 Å². The predicted octanol–water partition coefficient (Wildman–Crippen LogP) is 2.75. The number of likely N-dealkylation sites (tertiary alicyclic amines) is 1. The summed E-state index contributed by atoms with van der Waals surface area (Å²) in [4.78, 5) is 2.24. The number of methoxy groups -OCH3 is 1. The molecule has 0 amide bonds. The zero-order valence-corrected chi connectivity index (χ0v) is 14.3. The molecule has 5 nitrogen and oxygen atoms in total. The highest BCUT2D eigenvalue weighted by Gasteiger charge is 2.31. The Labute approximate surface area is 148 Å². The van der Waals surface area contributed by atoms with Crippen LogP contribution in [-0.4, -0.2) is 42.9 Å². The highest BCUT2D eigenvalue weighted by molar-refractivity contribution is 5.34. The Morgan fingerprint density at radius 2 is 2.00 bits per heavy atom. The number of nitriles is 1. The lowest BCUT2D eigenvalue weighted by atomic mass is 10.0.